The number of nitrogens with one attached hydrogen (secondary N) is 1. The first kappa shape index (κ1) is 14.9. The number of phenolic OH excluding ortho intramolecular Hbond substituents is 1. The number of aromatic nitrogens is 1. The summed E-state index contributed by atoms with van der Waals surface area (Å²) in [6, 6.07) is 4.47. The van der Waals surface area contributed by atoms with Gasteiger partial charge in [-0.25, -0.2) is 0 Å². The molecular formula is C13H10F4N2O2. The van der Waals surface area contributed by atoms with Crippen molar-refractivity contribution in [2.75, 3.05) is 12.4 Å². The number of aromatic hydroxyl groups is 1. The normalized spacial score (nSPS) is 10.5. The summed E-state index contributed by atoms with van der Waals surface area (Å²) < 4.78 is 57.5. The Balaban J connectivity index is 2.29. The number of hydrogen-bond acceptors (Lipinski definition) is 4. The highest BCUT2D eigenvalue weighted by molar-refractivity contribution is 5.50. The molecule has 0 atom stereocenters. The number of para-hydroxylation sites is 1. The van der Waals surface area contributed by atoms with E-state index in [0.717, 1.165) is 0 Å². The van der Waals surface area contributed by atoms with Crippen molar-refractivity contribution in [1.29, 1.82) is 0 Å². The topological polar surface area (TPSA) is 54.4 Å². The molecule has 2 rings (SSSR count). The minimum absolute atomic E-state index is 0.155. The Morgan fingerprint density at radius 3 is 2.33 bits per heavy atom. The van der Waals surface area contributed by atoms with Gasteiger partial charge in [-0.05, 0) is 6.07 Å². The van der Waals surface area contributed by atoms with Crippen molar-refractivity contribution in [1.82, 2.24) is 4.98 Å². The molecule has 2 N–H and O–H groups in total. The number of ether oxygens (including phenoxy) is 1. The third-order valence-corrected chi connectivity index (χ3v) is 2.76. The van der Waals surface area contributed by atoms with Crippen LogP contribution in [0.3, 0.4) is 0 Å². The van der Waals surface area contributed by atoms with Crippen LogP contribution in [0.15, 0.2) is 18.2 Å². The molecule has 0 radical (unpaired) electrons. The van der Waals surface area contributed by atoms with Crippen LogP contribution in [0.1, 0.15) is 5.56 Å². The van der Waals surface area contributed by atoms with Gasteiger partial charge in [0.05, 0.1) is 7.11 Å². The number of anilines is 1. The van der Waals surface area contributed by atoms with E-state index in [-0.39, 0.29) is 23.6 Å². The van der Waals surface area contributed by atoms with Crippen molar-refractivity contribution >= 4 is 5.69 Å². The van der Waals surface area contributed by atoms with Crippen LogP contribution in [0.25, 0.3) is 0 Å². The smallest absolute Gasteiger partial charge is 0.253 e. The molecule has 4 nitrogen and oxygen atoms in total. The van der Waals surface area contributed by atoms with Crippen LogP contribution in [0, 0.1) is 23.5 Å². The first-order chi connectivity index (χ1) is 9.95. The molecular weight excluding hydrogens is 292 g/mol. The minimum Gasteiger partial charge on any atom is -0.504 e. The van der Waals surface area contributed by atoms with Crippen LogP contribution in [-0.4, -0.2) is 17.2 Å². The zero-order valence-corrected chi connectivity index (χ0v) is 10.8. The maximum Gasteiger partial charge on any atom is 0.253 e. The molecule has 0 saturated heterocycles. The second kappa shape index (κ2) is 5.86. The monoisotopic (exact) mass is 302 g/mol. The second-order valence-electron chi connectivity index (χ2n) is 4.02. The molecule has 0 aliphatic rings. The first-order valence-electron chi connectivity index (χ1n) is 5.74. The Labute approximate surface area is 117 Å². The number of methoxy groups -OCH3 is 1. The van der Waals surface area contributed by atoms with Crippen molar-refractivity contribution in [3.05, 3.63) is 47.3 Å². The molecule has 0 fully saturated rings. The molecule has 0 spiro atoms. The SMILES string of the molecule is COc1cccc(CNc2c(F)c(F)nc(F)c2F)c1O. The molecule has 0 saturated carbocycles. The van der Waals surface area contributed by atoms with E-state index in [9.17, 15) is 22.7 Å². The van der Waals surface area contributed by atoms with Crippen molar-refractivity contribution in [3.63, 3.8) is 0 Å². The fourth-order valence-corrected chi connectivity index (χ4v) is 1.70. The van der Waals surface area contributed by atoms with Gasteiger partial charge >= 0.3 is 0 Å². The van der Waals surface area contributed by atoms with Gasteiger partial charge < -0.3 is 15.2 Å². The summed E-state index contributed by atoms with van der Waals surface area (Å²) in [7, 11) is 1.33. The van der Waals surface area contributed by atoms with Gasteiger partial charge in [-0.15, -0.1) is 0 Å². The number of pyridine rings is 1. The van der Waals surface area contributed by atoms with E-state index in [1.165, 1.54) is 25.3 Å². The summed E-state index contributed by atoms with van der Waals surface area (Å²) in [6.45, 7) is -0.278. The first-order valence-corrected chi connectivity index (χ1v) is 5.74. The standard InChI is InChI=1S/C13H10F4N2O2/c1-21-7-4-2-3-6(11(7)20)5-18-10-8(14)12(16)19-13(17)9(10)15/h2-4,20H,5H2,1H3,(H,18,19). The number of halogens is 4. The van der Waals surface area contributed by atoms with Gasteiger partial charge in [0.25, 0.3) is 11.9 Å². The fourth-order valence-electron chi connectivity index (χ4n) is 1.70. The summed E-state index contributed by atoms with van der Waals surface area (Å²) in [5.41, 5.74) is -0.770. The molecule has 1 heterocycles. The quantitative estimate of drug-likeness (QED) is 0.673. The lowest BCUT2D eigenvalue weighted by atomic mass is 10.2. The lowest BCUT2D eigenvalue weighted by Crippen LogP contribution is -2.09. The van der Waals surface area contributed by atoms with Crippen LogP contribution in [0.5, 0.6) is 11.5 Å². The number of benzene rings is 1. The van der Waals surface area contributed by atoms with E-state index in [4.69, 9.17) is 4.74 Å². The fraction of sp³-hybridized carbons (Fsp3) is 0.154. The van der Waals surface area contributed by atoms with Gasteiger partial charge in [0.1, 0.15) is 5.69 Å². The highest BCUT2D eigenvalue weighted by Gasteiger charge is 2.20. The number of nitrogens with zero attached hydrogens (tertiary/aromatic N) is 1. The van der Waals surface area contributed by atoms with Crippen molar-refractivity contribution in [2.24, 2.45) is 0 Å². The summed E-state index contributed by atoms with van der Waals surface area (Å²) in [4.78, 5) is 2.44. The van der Waals surface area contributed by atoms with Crippen LogP contribution in [0.2, 0.25) is 0 Å². The molecule has 0 aliphatic heterocycles. The zero-order chi connectivity index (χ0) is 15.6. The second-order valence-corrected chi connectivity index (χ2v) is 4.02. The molecule has 1 aromatic carbocycles. The third kappa shape index (κ3) is 2.83. The Morgan fingerprint density at radius 1 is 1.14 bits per heavy atom. The molecule has 112 valence electrons. The lowest BCUT2D eigenvalue weighted by molar-refractivity contribution is 0.371. The molecule has 0 unspecified atom stereocenters. The predicted octanol–water partition coefficient (Wildman–Crippen LogP) is 2.96. The van der Waals surface area contributed by atoms with Crippen LogP contribution in [0.4, 0.5) is 23.2 Å². The summed E-state index contributed by atoms with van der Waals surface area (Å²) >= 11 is 0. The van der Waals surface area contributed by atoms with Crippen LogP contribution in [-0.2, 0) is 6.54 Å². The largest absolute Gasteiger partial charge is 0.504 e. The zero-order valence-electron chi connectivity index (χ0n) is 10.8. The van der Waals surface area contributed by atoms with Gasteiger partial charge in [0.2, 0.25) is 11.6 Å². The Hall–Kier alpha value is -2.51. The van der Waals surface area contributed by atoms with Crippen LogP contribution < -0.4 is 10.1 Å². The molecule has 8 heteroatoms. The third-order valence-electron chi connectivity index (χ3n) is 2.76. The Bertz CT molecular complexity index is 653. The van der Waals surface area contributed by atoms with Crippen molar-refractivity contribution in [3.8, 4) is 11.5 Å². The van der Waals surface area contributed by atoms with Gasteiger partial charge in [-0.3, -0.25) is 0 Å². The predicted molar refractivity (Wildman–Crippen MR) is 66.1 cm³/mol. The van der Waals surface area contributed by atoms with Crippen molar-refractivity contribution in [2.45, 2.75) is 6.54 Å². The molecule has 0 bridgehead atoms. The molecule has 0 amide bonds. The summed E-state index contributed by atoms with van der Waals surface area (Å²) in [6.07, 6.45) is 0. The van der Waals surface area contributed by atoms with E-state index >= 15 is 0 Å². The number of hydrogen-bond donors (Lipinski definition) is 2. The minimum atomic E-state index is -1.76. The molecule has 0 aliphatic carbocycles. The highest BCUT2D eigenvalue weighted by Crippen LogP contribution is 2.30. The van der Waals surface area contributed by atoms with Gasteiger partial charge in [-0.2, -0.15) is 22.5 Å². The average molecular weight is 302 g/mol. The van der Waals surface area contributed by atoms with Gasteiger partial charge in [0, 0.05) is 12.1 Å². The van der Waals surface area contributed by atoms with E-state index in [0.29, 0.717) is 0 Å². The van der Waals surface area contributed by atoms with E-state index in [1.807, 2.05) is 0 Å². The van der Waals surface area contributed by atoms with Gasteiger partial charge in [-0.1, -0.05) is 12.1 Å². The van der Waals surface area contributed by atoms with E-state index in [2.05, 4.69) is 10.3 Å². The van der Waals surface area contributed by atoms with Crippen molar-refractivity contribution < 1.29 is 27.4 Å². The maximum absolute atomic E-state index is 13.4. The number of rotatable bonds is 4. The Morgan fingerprint density at radius 2 is 1.76 bits per heavy atom. The van der Waals surface area contributed by atoms with Crippen LogP contribution >= 0.6 is 0 Å². The molecule has 1 aromatic heterocycles. The maximum atomic E-state index is 13.4. The molecule has 2 aromatic rings. The lowest BCUT2D eigenvalue weighted by Gasteiger charge is -2.12. The van der Waals surface area contributed by atoms with Gasteiger partial charge in [0.15, 0.2) is 11.5 Å². The highest BCUT2D eigenvalue weighted by atomic mass is 19.2. The average Bonchev–Trinajstić information content (AvgIpc) is 2.46. The van der Waals surface area contributed by atoms with E-state index < -0.39 is 29.2 Å². The summed E-state index contributed by atoms with van der Waals surface area (Å²) in [5.74, 6) is -6.89. The Kier molecular flexibility index (Phi) is 4.15. The summed E-state index contributed by atoms with van der Waals surface area (Å²) in [5, 5.41) is 12.0. The van der Waals surface area contributed by atoms with E-state index in [1.54, 1.807) is 0 Å². The molecule has 21 heavy (non-hydrogen) atoms. The number of phenols is 1.